The Labute approximate surface area is 371 Å². The van der Waals surface area contributed by atoms with Crippen LogP contribution in [0.25, 0.3) is 22.3 Å². The Kier molecular flexibility index (Phi) is 8.97. The van der Waals surface area contributed by atoms with Crippen LogP contribution in [-0.2, 0) is 10.8 Å². The first kappa shape index (κ1) is 37.3. The lowest BCUT2D eigenvalue weighted by molar-refractivity contribution is 0.593. The Hall–Kier alpha value is -7.48. The second-order valence-corrected chi connectivity index (χ2v) is 17.4. The fourth-order valence-electron chi connectivity index (χ4n) is 11.7. The molecule has 4 aliphatic rings. The monoisotopic (exact) mass is 805 g/mol. The number of para-hydroxylation sites is 1. The molecule has 12 rings (SSSR count). The van der Waals surface area contributed by atoms with Gasteiger partial charge in [0, 0.05) is 22.9 Å². The third-order valence-electron chi connectivity index (χ3n) is 14.3. The second-order valence-electron chi connectivity index (χ2n) is 17.4. The Morgan fingerprint density at radius 1 is 0.429 bits per heavy atom. The SMILES string of the molecule is C1=CC(c2ccccc2)CC=C1N(C1=CC=C(C2(c3ccccc3)c3ccccc3C3(c4ccccc4)c4ccccc4-c4cccc2c43)CC1)c1ccccc1-c1ccccc1. The van der Waals surface area contributed by atoms with Crippen molar-refractivity contribution in [1.82, 2.24) is 0 Å². The molecule has 63 heavy (non-hydrogen) atoms. The molecule has 0 heterocycles. The van der Waals surface area contributed by atoms with E-state index < -0.39 is 10.8 Å². The highest BCUT2D eigenvalue weighted by Crippen LogP contribution is 2.66. The van der Waals surface area contributed by atoms with E-state index in [-0.39, 0.29) is 0 Å². The van der Waals surface area contributed by atoms with Crippen LogP contribution in [0.3, 0.4) is 0 Å². The highest BCUT2D eigenvalue weighted by molar-refractivity contribution is 5.92. The van der Waals surface area contributed by atoms with Gasteiger partial charge in [-0.15, -0.1) is 0 Å². The molecule has 1 nitrogen and oxygen atoms in total. The molecular formula is C62H47N. The van der Waals surface area contributed by atoms with Gasteiger partial charge in [0.1, 0.15) is 0 Å². The van der Waals surface area contributed by atoms with Crippen LogP contribution in [0, 0.1) is 0 Å². The smallest absolute Gasteiger partial charge is 0.0720 e. The van der Waals surface area contributed by atoms with E-state index >= 15 is 0 Å². The molecule has 0 saturated heterocycles. The zero-order valence-corrected chi connectivity index (χ0v) is 35.2. The number of allylic oxidation sites excluding steroid dienone is 7. The lowest BCUT2D eigenvalue weighted by atomic mass is 9.51. The molecule has 300 valence electrons. The van der Waals surface area contributed by atoms with E-state index in [4.69, 9.17) is 0 Å². The van der Waals surface area contributed by atoms with Crippen LogP contribution in [0.15, 0.2) is 260 Å². The molecule has 3 unspecified atom stereocenters. The van der Waals surface area contributed by atoms with E-state index in [1.807, 2.05) is 0 Å². The fourth-order valence-corrected chi connectivity index (χ4v) is 11.7. The molecule has 3 atom stereocenters. The molecule has 8 aromatic rings. The zero-order chi connectivity index (χ0) is 41.8. The lowest BCUT2D eigenvalue weighted by Crippen LogP contribution is -2.45. The molecule has 4 aliphatic carbocycles. The van der Waals surface area contributed by atoms with Crippen molar-refractivity contribution < 1.29 is 0 Å². The minimum absolute atomic E-state index is 0.354. The van der Waals surface area contributed by atoms with E-state index in [0.717, 1.165) is 19.3 Å². The second kappa shape index (κ2) is 15.2. The maximum Gasteiger partial charge on any atom is 0.0720 e. The summed E-state index contributed by atoms with van der Waals surface area (Å²) in [7, 11) is 0. The number of nitrogens with zero attached hydrogens (tertiary/aromatic N) is 1. The van der Waals surface area contributed by atoms with Crippen LogP contribution in [0.4, 0.5) is 5.69 Å². The van der Waals surface area contributed by atoms with Crippen molar-refractivity contribution in [2.45, 2.75) is 36.0 Å². The number of rotatable bonds is 8. The highest BCUT2D eigenvalue weighted by Gasteiger charge is 2.58. The summed E-state index contributed by atoms with van der Waals surface area (Å²) in [4.78, 5) is 2.55. The first-order chi connectivity index (χ1) is 31.3. The third-order valence-corrected chi connectivity index (χ3v) is 14.3. The van der Waals surface area contributed by atoms with Crippen molar-refractivity contribution in [3.63, 3.8) is 0 Å². The van der Waals surface area contributed by atoms with Gasteiger partial charge in [0.2, 0.25) is 0 Å². The summed E-state index contributed by atoms with van der Waals surface area (Å²) in [6.07, 6.45) is 14.9. The van der Waals surface area contributed by atoms with E-state index in [0.29, 0.717) is 5.92 Å². The predicted octanol–water partition coefficient (Wildman–Crippen LogP) is 15.1. The molecule has 8 aromatic carbocycles. The van der Waals surface area contributed by atoms with E-state index in [1.54, 1.807) is 0 Å². The summed E-state index contributed by atoms with van der Waals surface area (Å²) in [6, 6.07) is 79.0. The number of anilines is 1. The largest absolute Gasteiger partial charge is 0.314 e. The summed E-state index contributed by atoms with van der Waals surface area (Å²) in [6.45, 7) is 0. The summed E-state index contributed by atoms with van der Waals surface area (Å²) in [5.74, 6) is 0.354. The van der Waals surface area contributed by atoms with E-state index in [9.17, 15) is 0 Å². The van der Waals surface area contributed by atoms with Crippen molar-refractivity contribution in [2.24, 2.45) is 0 Å². The molecule has 0 N–H and O–H groups in total. The average molecular weight is 806 g/mol. The quantitative estimate of drug-likeness (QED) is 0.148. The Morgan fingerprint density at radius 3 is 1.65 bits per heavy atom. The summed E-state index contributed by atoms with van der Waals surface area (Å²) in [5, 5.41) is 0. The fraction of sp³-hybridized carbons (Fsp3) is 0.0968. The van der Waals surface area contributed by atoms with Crippen molar-refractivity contribution in [3.05, 3.63) is 304 Å². The first-order valence-corrected chi connectivity index (χ1v) is 22.5. The van der Waals surface area contributed by atoms with Crippen molar-refractivity contribution in [1.29, 1.82) is 0 Å². The standard InChI is InChI=1S/C62H47N/c1-5-20-44(21-6-1)45-36-40-50(41-37-45)63(59-35-18-14-28-52(59)46-22-7-2-8-23-46)51-42-38-49(39-43-51)61(47-24-9-3-10-25-47)56-32-16-17-33-57(56)62(48-26-11-4-12-27-48)55-31-15-13-29-53(55)54-30-19-34-58(61)60(54)62/h1-36,38,40-42,45H,37,39,43H2. The van der Waals surface area contributed by atoms with Crippen LogP contribution in [0.5, 0.6) is 0 Å². The number of benzene rings is 8. The van der Waals surface area contributed by atoms with Gasteiger partial charge in [-0.1, -0.05) is 230 Å². The number of hydrogen-bond donors (Lipinski definition) is 0. The lowest BCUT2D eigenvalue weighted by Gasteiger charge is -2.51. The minimum Gasteiger partial charge on any atom is -0.314 e. The van der Waals surface area contributed by atoms with Gasteiger partial charge in [0.15, 0.2) is 0 Å². The van der Waals surface area contributed by atoms with Crippen molar-refractivity contribution in [2.75, 3.05) is 4.90 Å². The summed E-state index contributed by atoms with van der Waals surface area (Å²) >= 11 is 0. The molecule has 0 aromatic heterocycles. The van der Waals surface area contributed by atoms with Crippen molar-refractivity contribution >= 4 is 5.69 Å². The molecule has 1 heteroatoms. The first-order valence-electron chi connectivity index (χ1n) is 22.5. The van der Waals surface area contributed by atoms with Gasteiger partial charge in [-0.25, -0.2) is 0 Å². The van der Waals surface area contributed by atoms with Gasteiger partial charge >= 0.3 is 0 Å². The molecule has 0 bridgehead atoms. The molecule has 0 amide bonds. The average Bonchev–Trinajstić information content (AvgIpc) is 3.68. The molecule has 0 fully saturated rings. The third kappa shape index (κ3) is 5.62. The molecule has 0 aliphatic heterocycles. The predicted molar refractivity (Wildman–Crippen MR) is 261 cm³/mol. The van der Waals surface area contributed by atoms with Crippen LogP contribution in [-0.4, -0.2) is 0 Å². The Morgan fingerprint density at radius 2 is 0.984 bits per heavy atom. The zero-order valence-electron chi connectivity index (χ0n) is 35.2. The van der Waals surface area contributed by atoms with Crippen LogP contribution < -0.4 is 4.90 Å². The van der Waals surface area contributed by atoms with Crippen LogP contribution >= 0.6 is 0 Å². The summed E-state index contributed by atoms with van der Waals surface area (Å²) < 4.78 is 0. The van der Waals surface area contributed by atoms with Gasteiger partial charge in [-0.05, 0) is 98.7 Å². The molecule has 0 saturated carbocycles. The van der Waals surface area contributed by atoms with Gasteiger partial charge in [-0.3, -0.25) is 0 Å². The Bertz CT molecular complexity index is 3140. The normalized spacial score (nSPS) is 20.4. The molecule has 0 radical (unpaired) electrons. The topological polar surface area (TPSA) is 3.24 Å². The minimum atomic E-state index is -0.523. The van der Waals surface area contributed by atoms with Gasteiger partial charge < -0.3 is 4.90 Å². The maximum atomic E-state index is 2.55. The summed E-state index contributed by atoms with van der Waals surface area (Å²) in [5.41, 5.74) is 20.1. The maximum absolute atomic E-state index is 2.55. The number of hydrogen-bond acceptors (Lipinski definition) is 1. The molecule has 0 spiro atoms. The van der Waals surface area contributed by atoms with Gasteiger partial charge in [0.25, 0.3) is 0 Å². The van der Waals surface area contributed by atoms with E-state index in [2.05, 4.69) is 248 Å². The van der Waals surface area contributed by atoms with Gasteiger partial charge in [-0.2, -0.15) is 0 Å². The van der Waals surface area contributed by atoms with Crippen LogP contribution in [0.1, 0.15) is 69.7 Å². The Balaban J connectivity index is 1.08. The van der Waals surface area contributed by atoms with Gasteiger partial charge in [0.05, 0.1) is 16.5 Å². The van der Waals surface area contributed by atoms with Crippen molar-refractivity contribution in [3.8, 4) is 22.3 Å². The van der Waals surface area contributed by atoms with E-state index in [1.165, 1.54) is 89.4 Å². The van der Waals surface area contributed by atoms with Crippen LogP contribution in [0.2, 0.25) is 0 Å². The number of fused-ring (bicyclic) bond motifs is 5. The molecular weight excluding hydrogens is 759 g/mol. The highest BCUT2D eigenvalue weighted by atomic mass is 15.2.